The molecule has 0 aromatic heterocycles. The monoisotopic (exact) mass is 350 g/mol. The molecule has 1 aromatic rings. The Labute approximate surface area is 160 Å². The Kier molecular flexibility index (Phi) is 5.97. The van der Waals surface area contributed by atoms with E-state index in [2.05, 4.69) is 63.0 Å². The molecule has 0 spiro atoms. The summed E-state index contributed by atoms with van der Waals surface area (Å²) in [5.74, 6) is 2.93. The summed E-state index contributed by atoms with van der Waals surface area (Å²) in [6.07, 6.45) is 10.9. The third-order valence-electron chi connectivity index (χ3n) is 6.87. The molecule has 3 heteroatoms. The highest BCUT2D eigenvalue weighted by atomic mass is 14.9. The first-order valence-corrected chi connectivity index (χ1v) is 10.4. The van der Waals surface area contributed by atoms with Gasteiger partial charge in [0.15, 0.2) is 6.71 Å². The molecule has 2 aliphatic heterocycles. The van der Waals surface area contributed by atoms with Crippen molar-refractivity contribution in [2.24, 2.45) is 11.1 Å². The molecule has 0 amide bonds. The van der Waals surface area contributed by atoms with Gasteiger partial charge in [0.2, 0.25) is 0 Å². The lowest BCUT2D eigenvalue weighted by Gasteiger charge is -2.35. The summed E-state index contributed by atoms with van der Waals surface area (Å²) < 4.78 is 0. The number of fused-ring (bicyclic) bond motifs is 2. The smallest absolute Gasteiger partial charge is 0.198 e. The molecule has 0 bridgehead atoms. The van der Waals surface area contributed by atoms with Gasteiger partial charge in [-0.3, -0.25) is 0 Å². The molecule has 4 rings (SSSR count). The van der Waals surface area contributed by atoms with E-state index < -0.39 is 0 Å². The highest BCUT2D eigenvalue weighted by molar-refractivity contribution is 6.66. The molecular weight excluding hydrogens is 315 g/mol. The summed E-state index contributed by atoms with van der Waals surface area (Å²) in [5, 5.41) is 3.45. The number of benzene rings is 1. The molecule has 3 aliphatic rings. The van der Waals surface area contributed by atoms with Gasteiger partial charge in [-0.15, -0.1) is 0 Å². The van der Waals surface area contributed by atoms with E-state index >= 15 is 0 Å². The third-order valence-corrected chi connectivity index (χ3v) is 6.87. The van der Waals surface area contributed by atoms with E-state index in [0.717, 1.165) is 12.7 Å². The molecule has 26 heavy (non-hydrogen) atoms. The number of allylic oxidation sites excluding steroid dienone is 1. The first kappa shape index (κ1) is 19.3. The van der Waals surface area contributed by atoms with Crippen LogP contribution in [-0.2, 0) is 12.7 Å². The van der Waals surface area contributed by atoms with Gasteiger partial charge in [0.05, 0.1) is 0 Å². The molecule has 0 radical (unpaired) electrons. The summed E-state index contributed by atoms with van der Waals surface area (Å²) in [6, 6.07) is 7.12. The zero-order valence-electron chi connectivity index (χ0n) is 16.9. The van der Waals surface area contributed by atoms with Gasteiger partial charge in [-0.1, -0.05) is 56.6 Å². The molecule has 1 fully saturated rings. The van der Waals surface area contributed by atoms with Crippen molar-refractivity contribution < 1.29 is 0 Å². The SMILES string of the molecule is C=C(C)c1cccc2c1CB1C=CNC1C2.CCC1(C)CCC(N)CC1. The van der Waals surface area contributed by atoms with Gasteiger partial charge < -0.3 is 11.1 Å². The maximum Gasteiger partial charge on any atom is 0.198 e. The molecule has 3 N–H and O–H groups in total. The average molecular weight is 350 g/mol. The van der Waals surface area contributed by atoms with Crippen molar-refractivity contribution >= 4 is 12.3 Å². The lowest BCUT2D eigenvalue weighted by atomic mass is 9.39. The Hall–Kier alpha value is -1.48. The van der Waals surface area contributed by atoms with Crippen LogP contribution in [0.3, 0.4) is 0 Å². The molecule has 1 saturated carbocycles. The normalized spacial score (nSPS) is 29.2. The minimum atomic E-state index is 0.500. The highest BCUT2D eigenvalue weighted by Crippen LogP contribution is 2.37. The molecule has 1 unspecified atom stereocenters. The Morgan fingerprint density at radius 3 is 2.73 bits per heavy atom. The quantitative estimate of drug-likeness (QED) is 0.758. The van der Waals surface area contributed by atoms with Crippen LogP contribution in [0.1, 0.15) is 69.6 Å². The number of nitrogens with one attached hydrogen (secondary N) is 1. The highest BCUT2D eigenvalue weighted by Gasteiger charge is 2.33. The zero-order valence-corrected chi connectivity index (χ0v) is 16.9. The second-order valence-electron chi connectivity index (χ2n) is 8.93. The van der Waals surface area contributed by atoms with Crippen LogP contribution >= 0.6 is 0 Å². The molecule has 0 saturated heterocycles. The lowest BCUT2D eigenvalue weighted by molar-refractivity contribution is 0.192. The van der Waals surface area contributed by atoms with E-state index in [1.807, 2.05) is 0 Å². The van der Waals surface area contributed by atoms with Crippen LogP contribution in [0.2, 0.25) is 0 Å². The molecule has 1 atom stereocenters. The van der Waals surface area contributed by atoms with Crippen LogP contribution in [0, 0.1) is 5.41 Å². The molecular formula is C23H35BN2. The molecule has 2 nitrogen and oxygen atoms in total. The van der Waals surface area contributed by atoms with Crippen molar-refractivity contribution in [2.75, 3.05) is 0 Å². The number of nitrogens with two attached hydrogens (primary N) is 1. The molecule has 2 heterocycles. The van der Waals surface area contributed by atoms with Crippen molar-refractivity contribution in [1.29, 1.82) is 0 Å². The predicted molar refractivity (Wildman–Crippen MR) is 115 cm³/mol. The van der Waals surface area contributed by atoms with Crippen LogP contribution in [0.15, 0.2) is 37.0 Å². The van der Waals surface area contributed by atoms with Crippen molar-refractivity contribution in [3.8, 4) is 0 Å². The fourth-order valence-electron chi connectivity index (χ4n) is 4.61. The van der Waals surface area contributed by atoms with E-state index in [-0.39, 0.29) is 0 Å². The van der Waals surface area contributed by atoms with Gasteiger partial charge >= 0.3 is 0 Å². The van der Waals surface area contributed by atoms with Gasteiger partial charge in [0, 0.05) is 12.0 Å². The van der Waals surface area contributed by atoms with Crippen molar-refractivity contribution in [3.63, 3.8) is 0 Å². The Bertz CT molecular complexity index is 671. The van der Waals surface area contributed by atoms with Crippen molar-refractivity contribution in [2.45, 2.75) is 77.6 Å². The summed E-state index contributed by atoms with van der Waals surface area (Å²) >= 11 is 0. The fourth-order valence-corrected chi connectivity index (χ4v) is 4.61. The Balaban J connectivity index is 0.000000170. The predicted octanol–water partition coefficient (Wildman–Crippen LogP) is 4.72. The zero-order chi connectivity index (χ0) is 18.7. The fraction of sp³-hybridized carbons (Fsp3) is 0.565. The maximum atomic E-state index is 5.81. The van der Waals surface area contributed by atoms with Crippen molar-refractivity contribution in [3.05, 3.63) is 53.6 Å². The second kappa shape index (κ2) is 8.04. The van der Waals surface area contributed by atoms with E-state index in [4.69, 9.17) is 5.73 Å². The van der Waals surface area contributed by atoms with E-state index in [1.54, 1.807) is 0 Å². The Morgan fingerprint density at radius 2 is 2.08 bits per heavy atom. The summed E-state index contributed by atoms with van der Waals surface area (Å²) in [6.45, 7) is 11.5. The first-order chi connectivity index (χ1) is 12.4. The number of hydrogen-bond acceptors (Lipinski definition) is 2. The lowest BCUT2D eigenvalue weighted by Crippen LogP contribution is -2.42. The van der Waals surface area contributed by atoms with Gasteiger partial charge in [0.1, 0.15) is 0 Å². The third kappa shape index (κ3) is 4.25. The first-order valence-electron chi connectivity index (χ1n) is 10.4. The van der Waals surface area contributed by atoms with E-state index in [0.29, 0.717) is 24.1 Å². The number of hydrogen-bond donors (Lipinski definition) is 2. The largest absolute Gasteiger partial charge is 0.396 e. The topological polar surface area (TPSA) is 38.0 Å². The Morgan fingerprint density at radius 1 is 1.35 bits per heavy atom. The standard InChI is InChI=1S/C14H16BN.C9H19N/c1-10(2)12-5-3-4-11-8-14-15(6-7-16-14)9-13(11)12;1-3-9(2)6-4-8(10)5-7-9/h3-7,14,16H,1,8-9H2,2H3;8H,3-7,10H2,1-2H3. The van der Waals surface area contributed by atoms with Crippen LogP contribution in [0.25, 0.3) is 5.57 Å². The van der Waals surface area contributed by atoms with Crippen LogP contribution in [0.4, 0.5) is 0 Å². The number of rotatable bonds is 2. The van der Waals surface area contributed by atoms with E-state index in [1.165, 1.54) is 54.4 Å². The minimum Gasteiger partial charge on any atom is -0.396 e. The summed E-state index contributed by atoms with van der Waals surface area (Å²) in [5.41, 5.74) is 12.0. The van der Waals surface area contributed by atoms with Gasteiger partial charge in [0.25, 0.3) is 0 Å². The summed E-state index contributed by atoms with van der Waals surface area (Å²) in [7, 11) is 0. The minimum absolute atomic E-state index is 0.500. The van der Waals surface area contributed by atoms with Gasteiger partial charge in [-0.2, -0.15) is 0 Å². The molecule has 1 aromatic carbocycles. The van der Waals surface area contributed by atoms with Crippen LogP contribution < -0.4 is 11.1 Å². The maximum absolute atomic E-state index is 5.81. The van der Waals surface area contributed by atoms with Gasteiger partial charge in [-0.05, 0) is 73.7 Å². The van der Waals surface area contributed by atoms with E-state index in [9.17, 15) is 0 Å². The molecule has 1 aliphatic carbocycles. The van der Waals surface area contributed by atoms with Crippen LogP contribution in [0.5, 0.6) is 0 Å². The average Bonchev–Trinajstić information content (AvgIpc) is 3.09. The van der Waals surface area contributed by atoms with Gasteiger partial charge in [-0.25, -0.2) is 0 Å². The molecule has 140 valence electrons. The van der Waals surface area contributed by atoms with Crippen LogP contribution in [-0.4, -0.2) is 18.7 Å². The van der Waals surface area contributed by atoms with Crippen molar-refractivity contribution in [1.82, 2.24) is 5.32 Å². The summed E-state index contributed by atoms with van der Waals surface area (Å²) in [4.78, 5) is 0. The second-order valence-corrected chi connectivity index (χ2v) is 8.93.